The fourth-order valence-corrected chi connectivity index (χ4v) is 2.20. The van der Waals surface area contributed by atoms with Crippen LogP contribution in [0, 0.1) is 0 Å². The number of carbonyl (C=O) groups is 1. The van der Waals surface area contributed by atoms with Crippen LogP contribution in [0.5, 0.6) is 5.75 Å². The summed E-state index contributed by atoms with van der Waals surface area (Å²) in [5.74, 6) is -0.0551. The highest BCUT2D eigenvalue weighted by molar-refractivity contribution is 7.18. The number of methoxy groups -OCH3 is 1. The van der Waals surface area contributed by atoms with Crippen molar-refractivity contribution in [3.8, 4) is 16.3 Å². The molecule has 0 amide bonds. The van der Waals surface area contributed by atoms with Crippen LogP contribution in [0.25, 0.3) is 10.6 Å². The summed E-state index contributed by atoms with van der Waals surface area (Å²) in [6, 6.07) is 7.52. The first kappa shape index (κ1) is 13.3. The number of hydrogen-bond donors (Lipinski definition) is 2. The molecule has 1 aromatic carbocycles. The maximum absolute atomic E-state index is 10.4. The van der Waals surface area contributed by atoms with E-state index in [1.165, 1.54) is 11.3 Å². The van der Waals surface area contributed by atoms with E-state index in [4.69, 9.17) is 9.84 Å². The fraction of sp³-hybridized carbons (Fsp3) is 0.250. The second-order valence-electron chi connectivity index (χ2n) is 3.71. The van der Waals surface area contributed by atoms with Gasteiger partial charge in [-0.1, -0.05) is 11.3 Å². The number of aliphatic carboxylic acids is 1. The molecule has 0 fully saturated rings. The Labute approximate surface area is 114 Å². The monoisotopic (exact) mass is 279 g/mol. The number of nitrogens with one attached hydrogen (secondary N) is 1. The summed E-state index contributed by atoms with van der Waals surface area (Å²) in [7, 11) is 1.62. The Balaban J connectivity index is 2.01. The Kier molecular flexibility index (Phi) is 4.30. The third-order valence-corrected chi connectivity index (χ3v) is 3.31. The lowest BCUT2D eigenvalue weighted by molar-refractivity contribution is -0.136. The smallest absolute Gasteiger partial charge is 0.305 e. The van der Waals surface area contributed by atoms with Gasteiger partial charge in [0.05, 0.1) is 13.5 Å². The molecule has 0 bridgehead atoms. The first-order chi connectivity index (χ1) is 9.19. The molecule has 0 atom stereocenters. The first-order valence-corrected chi connectivity index (χ1v) is 6.44. The number of ether oxygens (including phenoxy) is 1. The van der Waals surface area contributed by atoms with E-state index < -0.39 is 5.97 Å². The lowest BCUT2D eigenvalue weighted by atomic mass is 10.2. The third kappa shape index (κ3) is 3.65. The number of carboxylic acid groups (broad SMARTS) is 1. The van der Waals surface area contributed by atoms with E-state index in [9.17, 15) is 4.79 Å². The summed E-state index contributed by atoms with van der Waals surface area (Å²) < 4.78 is 5.09. The molecule has 2 rings (SSSR count). The highest BCUT2D eigenvalue weighted by Crippen LogP contribution is 2.27. The van der Waals surface area contributed by atoms with Gasteiger partial charge in [0, 0.05) is 12.1 Å². The Hall–Kier alpha value is -2.15. The van der Waals surface area contributed by atoms with Crippen molar-refractivity contribution < 1.29 is 14.6 Å². The largest absolute Gasteiger partial charge is 0.497 e. The summed E-state index contributed by atoms with van der Waals surface area (Å²) in [4.78, 5) is 10.4. The van der Waals surface area contributed by atoms with Gasteiger partial charge >= 0.3 is 5.97 Å². The topological polar surface area (TPSA) is 84.3 Å². The van der Waals surface area contributed by atoms with E-state index >= 15 is 0 Å². The fourth-order valence-electron chi connectivity index (χ4n) is 1.42. The molecule has 0 unspecified atom stereocenters. The van der Waals surface area contributed by atoms with Crippen LogP contribution in [-0.2, 0) is 4.79 Å². The van der Waals surface area contributed by atoms with E-state index in [0.29, 0.717) is 11.7 Å². The van der Waals surface area contributed by atoms with Gasteiger partial charge < -0.3 is 15.2 Å². The quantitative estimate of drug-likeness (QED) is 0.842. The lowest BCUT2D eigenvalue weighted by Crippen LogP contribution is -2.07. The number of carboxylic acids is 1. The minimum Gasteiger partial charge on any atom is -0.497 e. The minimum atomic E-state index is -0.840. The summed E-state index contributed by atoms with van der Waals surface area (Å²) >= 11 is 1.38. The van der Waals surface area contributed by atoms with Gasteiger partial charge in [-0.05, 0) is 24.3 Å². The average molecular weight is 279 g/mol. The molecule has 0 aliphatic carbocycles. The Morgan fingerprint density at radius 2 is 2.11 bits per heavy atom. The third-order valence-electron chi connectivity index (χ3n) is 2.38. The Morgan fingerprint density at radius 1 is 1.37 bits per heavy atom. The molecule has 1 aromatic heterocycles. The normalized spacial score (nSPS) is 10.2. The number of anilines is 1. The molecule has 0 aliphatic heterocycles. The van der Waals surface area contributed by atoms with E-state index in [-0.39, 0.29) is 6.42 Å². The van der Waals surface area contributed by atoms with Crippen molar-refractivity contribution in [3.05, 3.63) is 24.3 Å². The molecule has 0 saturated carbocycles. The van der Waals surface area contributed by atoms with E-state index in [0.717, 1.165) is 16.3 Å². The molecule has 2 N–H and O–H groups in total. The number of nitrogens with zero attached hydrogens (tertiary/aromatic N) is 2. The first-order valence-electron chi connectivity index (χ1n) is 5.62. The zero-order valence-corrected chi connectivity index (χ0v) is 11.1. The SMILES string of the molecule is COc1ccc(-c2nnc(NCCC(=O)O)s2)cc1. The van der Waals surface area contributed by atoms with Gasteiger partial charge in [-0.3, -0.25) is 4.79 Å². The number of hydrogen-bond acceptors (Lipinski definition) is 6. The van der Waals surface area contributed by atoms with Crippen molar-refractivity contribution in [1.82, 2.24) is 10.2 Å². The summed E-state index contributed by atoms with van der Waals surface area (Å²) in [5.41, 5.74) is 0.949. The number of rotatable bonds is 6. The molecule has 0 radical (unpaired) electrons. The minimum absolute atomic E-state index is 0.0530. The Morgan fingerprint density at radius 3 is 2.74 bits per heavy atom. The van der Waals surface area contributed by atoms with Gasteiger partial charge in [0.1, 0.15) is 10.8 Å². The zero-order chi connectivity index (χ0) is 13.7. The molecule has 2 aromatic rings. The predicted molar refractivity (Wildman–Crippen MR) is 72.6 cm³/mol. The van der Waals surface area contributed by atoms with Gasteiger partial charge in [-0.15, -0.1) is 10.2 Å². The summed E-state index contributed by atoms with van der Waals surface area (Å²) in [6.45, 7) is 0.340. The number of aromatic nitrogens is 2. The number of benzene rings is 1. The van der Waals surface area contributed by atoms with Gasteiger partial charge in [0.2, 0.25) is 5.13 Å². The maximum atomic E-state index is 10.4. The van der Waals surface area contributed by atoms with Crippen LogP contribution in [0.4, 0.5) is 5.13 Å². The van der Waals surface area contributed by atoms with Gasteiger partial charge in [-0.25, -0.2) is 0 Å². The van der Waals surface area contributed by atoms with Crippen LogP contribution in [0.15, 0.2) is 24.3 Å². The van der Waals surface area contributed by atoms with Crippen LogP contribution in [-0.4, -0.2) is 34.9 Å². The molecule has 0 saturated heterocycles. The van der Waals surface area contributed by atoms with Crippen LogP contribution >= 0.6 is 11.3 Å². The van der Waals surface area contributed by atoms with E-state index in [1.54, 1.807) is 7.11 Å². The standard InChI is InChI=1S/C12H13N3O3S/c1-18-9-4-2-8(3-5-9)11-14-15-12(19-11)13-7-6-10(16)17/h2-5H,6-7H2,1H3,(H,13,15)(H,16,17). The van der Waals surface area contributed by atoms with Gasteiger partial charge in [-0.2, -0.15) is 0 Å². The predicted octanol–water partition coefficient (Wildman–Crippen LogP) is 2.10. The van der Waals surface area contributed by atoms with E-state index in [2.05, 4.69) is 15.5 Å². The highest BCUT2D eigenvalue weighted by Gasteiger charge is 2.07. The zero-order valence-electron chi connectivity index (χ0n) is 10.3. The molecule has 6 nitrogen and oxygen atoms in total. The summed E-state index contributed by atoms with van der Waals surface area (Å²) in [5, 5.41) is 20.9. The molecule has 100 valence electrons. The van der Waals surface area contributed by atoms with Crippen LogP contribution in [0.3, 0.4) is 0 Å². The van der Waals surface area contributed by atoms with Gasteiger partial charge in [0.15, 0.2) is 0 Å². The molecule has 0 spiro atoms. The van der Waals surface area contributed by atoms with Crippen molar-refractivity contribution in [3.63, 3.8) is 0 Å². The van der Waals surface area contributed by atoms with Crippen molar-refractivity contribution in [2.24, 2.45) is 0 Å². The van der Waals surface area contributed by atoms with Crippen LogP contribution in [0.2, 0.25) is 0 Å². The molecule has 0 aliphatic rings. The van der Waals surface area contributed by atoms with Crippen molar-refractivity contribution in [2.45, 2.75) is 6.42 Å². The average Bonchev–Trinajstić information content (AvgIpc) is 2.87. The molecular formula is C12H13N3O3S. The molecule has 1 heterocycles. The lowest BCUT2D eigenvalue weighted by Gasteiger charge is -1.99. The second kappa shape index (κ2) is 6.14. The van der Waals surface area contributed by atoms with Crippen LogP contribution in [0.1, 0.15) is 6.42 Å². The van der Waals surface area contributed by atoms with E-state index in [1.807, 2.05) is 24.3 Å². The molecular weight excluding hydrogens is 266 g/mol. The highest BCUT2D eigenvalue weighted by atomic mass is 32.1. The maximum Gasteiger partial charge on any atom is 0.305 e. The molecule has 7 heteroatoms. The van der Waals surface area contributed by atoms with Crippen molar-refractivity contribution in [2.75, 3.05) is 19.0 Å². The molecule has 19 heavy (non-hydrogen) atoms. The second-order valence-corrected chi connectivity index (χ2v) is 4.69. The van der Waals surface area contributed by atoms with Crippen LogP contribution < -0.4 is 10.1 Å². The van der Waals surface area contributed by atoms with Crippen molar-refractivity contribution in [1.29, 1.82) is 0 Å². The van der Waals surface area contributed by atoms with Crippen molar-refractivity contribution >= 4 is 22.4 Å². The summed E-state index contributed by atoms with van der Waals surface area (Å²) in [6.07, 6.45) is 0.0530. The van der Waals surface area contributed by atoms with Gasteiger partial charge in [0.25, 0.3) is 0 Å². The Bertz CT molecular complexity index is 554.